The van der Waals surface area contributed by atoms with Gasteiger partial charge in [0.2, 0.25) is 11.8 Å². The first-order valence-electron chi connectivity index (χ1n) is 6.97. The molecular formula is C15H18N4O. The van der Waals surface area contributed by atoms with Crippen LogP contribution in [0.2, 0.25) is 0 Å². The van der Waals surface area contributed by atoms with Crippen molar-refractivity contribution in [1.29, 1.82) is 0 Å². The van der Waals surface area contributed by atoms with Crippen LogP contribution in [0.1, 0.15) is 12.8 Å². The van der Waals surface area contributed by atoms with Crippen LogP contribution in [0.3, 0.4) is 0 Å². The Labute approximate surface area is 118 Å². The highest BCUT2D eigenvalue weighted by atomic mass is 16.5. The van der Waals surface area contributed by atoms with Crippen LogP contribution >= 0.6 is 0 Å². The maximum absolute atomic E-state index is 5.73. The van der Waals surface area contributed by atoms with E-state index in [0.29, 0.717) is 11.8 Å². The molecule has 0 saturated carbocycles. The van der Waals surface area contributed by atoms with Gasteiger partial charge >= 0.3 is 0 Å². The van der Waals surface area contributed by atoms with Crippen molar-refractivity contribution < 1.29 is 4.74 Å². The number of ether oxygens (including phenoxy) is 1. The molecule has 104 valence electrons. The first-order valence-corrected chi connectivity index (χ1v) is 6.97. The predicted octanol–water partition coefficient (Wildman–Crippen LogP) is 2.17. The van der Waals surface area contributed by atoms with Gasteiger partial charge in [0.25, 0.3) is 0 Å². The van der Waals surface area contributed by atoms with Gasteiger partial charge in [-0.3, -0.25) is 0 Å². The van der Waals surface area contributed by atoms with E-state index in [1.165, 1.54) is 0 Å². The number of hydrogen-bond acceptors (Lipinski definition) is 5. The van der Waals surface area contributed by atoms with E-state index >= 15 is 0 Å². The Morgan fingerprint density at radius 3 is 2.45 bits per heavy atom. The predicted molar refractivity (Wildman–Crippen MR) is 76.7 cm³/mol. The summed E-state index contributed by atoms with van der Waals surface area (Å²) in [5.41, 5.74) is 0. The van der Waals surface area contributed by atoms with Crippen molar-refractivity contribution in [2.45, 2.75) is 12.8 Å². The van der Waals surface area contributed by atoms with Gasteiger partial charge in [-0.2, -0.15) is 0 Å². The fraction of sp³-hybridized carbons (Fsp3) is 0.400. The van der Waals surface area contributed by atoms with Crippen LogP contribution in [0.5, 0.6) is 5.88 Å². The molecule has 0 radical (unpaired) electrons. The molecule has 2 aromatic heterocycles. The summed E-state index contributed by atoms with van der Waals surface area (Å²) in [6.45, 7) is 2.71. The molecule has 1 aliphatic heterocycles. The van der Waals surface area contributed by atoms with E-state index in [9.17, 15) is 0 Å². The molecule has 0 bridgehead atoms. The topological polar surface area (TPSA) is 51.1 Å². The molecule has 0 aromatic carbocycles. The maximum atomic E-state index is 5.73. The Balaban J connectivity index is 1.47. The fourth-order valence-corrected chi connectivity index (χ4v) is 2.39. The minimum atomic E-state index is 0.581. The highest BCUT2D eigenvalue weighted by Crippen LogP contribution is 2.21. The molecule has 2 aromatic rings. The Kier molecular flexibility index (Phi) is 4.06. The van der Waals surface area contributed by atoms with Crippen molar-refractivity contribution in [3.63, 3.8) is 0 Å². The molecule has 0 atom stereocenters. The standard InChI is InChI=1S/C15H18N4O/c1-2-7-16-14(4-1)20-12-13-5-10-19(11-6-13)15-17-8-3-9-18-15/h1-4,7-9,13H,5-6,10-12H2. The number of rotatable bonds is 4. The molecule has 0 unspecified atom stereocenters. The van der Waals surface area contributed by atoms with E-state index in [1.54, 1.807) is 18.6 Å². The summed E-state index contributed by atoms with van der Waals surface area (Å²) in [6.07, 6.45) is 7.54. The average Bonchev–Trinajstić information content (AvgIpc) is 2.55. The molecule has 0 spiro atoms. The van der Waals surface area contributed by atoms with Gasteiger partial charge in [0.1, 0.15) is 0 Å². The Bertz CT molecular complexity index is 512. The molecule has 1 saturated heterocycles. The molecule has 0 aliphatic carbocycles. The molecule has 1 fully saturated rings. The van der Waals surface area contributed by atoms with Crippen molar-refractivity contribution in [3.8, 4) is 5.88 Å². The lowest BCUT2D eigenvalue weighted by Gasteiger charge is -2.31. The van der Waals surface area contributed by atoms with E-state index in [1.807, 2.05) is 24.3 Å². The summed E-state index contributed by atoms with van der Waals surface area (Å²) in [5.74, 6) is 2.12. The highest BCUT2D eigenvalue weighted by molar-refractivity contribution is 5.28. The van der Waals surface area contributed by atoms with E-state index < -0.39 is 0 Å². The third-order valence-electron chi connectivity index (χ3n) is 3.55. The zero-order valence-electron chi connectivity index (χ0n) is 11.4. The third-order valence-corrected chi connectivity index (χ3v) is 3.55. The van der Waals surface area contributed by atoms with Crippen molar-refractivity contribution in [3.05, 3.63) is 42.9 Å². The number of aromatic nitrogens is 3. The van der Waals surface area contributed by atoms with Crippen LogP contribution in [-0.4, -0.2) is 34.6 Å². The smallest absolute Gasteiger partial charge is 0.225 e. The average molecular weight is 270 g/mol. The van der Waals surface area contributed by atoms with Gasteiger partial charge in [0.15, 0.2) is 0 Å². The Hall–Kier alpha value is -2.17. The van der Waals surface area contributed by atoms with Crippen LogP contribution < -0.4 is 9.64 Å². The molecule has 5 heteroatoms. The first-order chi connectivity index (χ1) is 9.92. The highest BCUT2D eigenvalue weighted by Gasteiger charge is 2.21. The summed E-state index contributed by atoms with van der Waals surface area (Å²) in [7, 11) is 0. The Morgan fingerprint density at radius 1 is 1.00 bits per heavy atom. The summed E-state index contributed by atoms with van der Waals surface area (Å²) >= 11 is 0. The van der Waals surface area contributed by atoms with Gasteiger partial charge in [-0.25, -0.2) is 15.0 Å². The maximum Gasteiger partial charge on any atom is 0.225 e. The van der Waals surface area contributed by atoms with Crippen molar-refractivity contribution >= 4 is 5.95 Å². The number of anilines is 1. The van der Waals surface area contributed by atoms with Crippen LogP contribution in [0.15, 0.2) is 42.9 Å². The normalized spacial score (nSPS) is 16.1. The quantitative estimate of drug-likeness (QED) is 0.852. The van der Waals surface area contributed by atoms with Gasteiger partial charge in [-0.15, -0.1) is 0 Å². The minimum absolute atomic E-state index is 0.581. The van der Waals surface area contributed by atoms with Crippen LogP contribution in [-0.2, 0) is 0 Å². The fourth-order valence-electron chi connectivity index (χ4n) is 2.39. The minimum Gasteiger partial charge on any atom is -0.477 e. The van der Waals surface area contributed by atoms with E-state index in [2.05, 4.69) is 19.9 Å². The molecule has 1 aliphatic rings. The van der Waals surface area contributed by atoms with Crippen molar-refractivity contribution in [1.82, 2.24) is 15.0 Å². The second kappa shape index (κ2) is 6.32. The molecule has 20 heavy (non-hydrogen) atoms. The van der Waals surface area contributed by atoms with Crippen LogP contribution in [0.4, 0.5) is 5.95 Å². The molecule has 0 amide bonds. The van der Waals surface area contributed by atoms with Gasteiger partial charge in [-0.05, 0) is 30.9 Å². The summed E-state index contributed by atoms with van der Waals surface area (Å²) in [4.78, 5) is 15.0. The summed E-state index contributed by atoms with van der Waals surface area (Å²) in [6, 6.07) is 7.58. The van der Waals surface area contributed by atoms with Gasteiger partial charge in [-0.1, -0.05) is 6.07 Å². The zero-order chi connectivity index (χ0) is 13.6. The van der Waals surface area contributed by atoms with E-state index in [4.69, 9.17) is 4.74 Å². The van der Waals surface area contributed by atoms with Crippen molar-refractivity contribution in [2.75, 3.05) is 24.6 Å². The van der Waals surface area contributed by atoms with Gasteiger partial charge in [0, 0.05) is 37.7 Å². The first kappa shape index (κ1) is 12.8. The number of piperidine rings is 1. The summed E-state index contributed by atoms with van der Waals surface area (Å²) < 4.78 is 5.73. The second-order valence-electron chi connectivity index (χ2n) is 4.96. The molecular weight excluding hydrogens is 252 g/mol. The molecule has 3 heterocycles. The van der Waals surface area contributed by atoms with Gasteiger partial charge < -0.3 is 9.64 Å². The number of nitrogens with zero attached hydrogens (tertiary/aromatic N) is 4. The zero-order valence-corrected chi connectivity index (χ0v) is 11.4. The van der Waals surface area contributed by atoms with E-state index in [-0.39, 0.29) is 0 Å². The molecule has 3 rings (SSSR count). The van der Waals surface area contributed by atoms with Crippen LogP contribution in [0.25, 0.3) is 0 Å². The number of pyridine rings is 1. The molecule has 0 N–H and O–H groups in total. The lowest BCUT2D eigenvalue weighted by molar-refractivity contribution is 0.215. The van der Waals surface area contributed by atoms with Crippen LogP contribution in [0, 0.1) is 5.92 Å². The van der Waals surface area contributed by atoms with E-state index in [0.717, 1.165) is 38.5 Å². The summed E-state index contributed by atoms with van der Waals surface area (Å²) in [5, 5.41) is 0. The monoisotopic (exact) mass is 270 g/mol. The SMILES string of the molecule is c1ccc(OCC2CCN(c3ncccn3)CC2)nc1. The lowest BCUT2D eigenvalue weighted by Crippen LogP contribution is -2.36. The largest absolute Gasteiger partial charge is 0.477 e. The van der Waals surface area contributed by atoms with Crippen molar-refractivity contribution in [2.24, 2.45) is 5.92 Å². The second-order valence-corrected chi connectivity index (χ2v) is 4.96. The third kappa shape index (κ3) is 3.23. The Morgan fingerprint density at radius 2 is 1.75 bits per heavy atom. The molecule has 5 nitrogen and oxygen atoms in total. The van der Waals surface area contributed by atoms with Gasteiger partial charge in [0.05, 0.1) is 6.61 Å². The lowest BCUT2D eigenvalue weighted by atomic mass is 9.98. The number of hydrogen-bond donors (Lipinski definition) is 0.